The number of aromatic nitrogens is 2. The summed E-state index contributed by atoms with van der Waals surface area (Å²) >= 11 is 0. The summed E-state index contributed by atoms with van der Waals surface area (Å²) in [7, 11) is -3.81. The molecular weight excluding hydrogens is 357 g/mol. The summed E-state index contributed by atoms with van der Waals surface area (Å²) in [5, 5.41) is 4.44. The first-order valence-corrected chi connectivity index (χ1v) is 9.58. The summed E-state index contributed by atoms with van der Waals surface area (Å²) < 4.78 is 48.4. The summed E-state index contributed by atoms with van der Waals surface area (Å²) in [5.74, 6) is 0.118. The Bertz CT molecular complexity index is 1010. The highest BCUT2D eigenvalue weighted by Crippen LogP contribution is 2.22. The first-order chi connectivity index (χ1) is 12.3. The van der Waals surface area contributed by atoms with Crippen LogP contribution in [0.1, 0.15) is 28.8 Å². The first kappa shape index (κ1) is 18.3. The van der Waals surface area contributed by atoms with E-state index in [9.17, 15) is 12.8 Å². The molecule has 0 amide bonds. The standard InChI is InChI=1S/C18H20FN3O3S/c1-12-9-15(19)6-7-18(12)26(23,24)20-11-16(17-5-4-8-25-17)22-14(3)10-13(2)21-22/h4-10,16,20H,11H2,1-3H3. The van der Waals surface area contributed by atoms with Crippen molar-refractivity contribution in [1.82, 2.24) is 14.5 Å². The van der Waals surface area contributed by atoms with Crippen LogP contribution < -0.4 is 4.72 Å². The van der Waals surface area contributed by atoms with Crippen molar-refractivity contribution in [3.63, 3.8) is 0 Å². The summed E-state index contributed by atoms with van der Waals surface area (Å²) in [6, 6.07) is 8.58. The molecule has 3 aromatic rings. The number of nitrogens with one attached hydrogen (secondary N) is 1. The van der Waals surface area contributed by atoms with Gasteiger partial charge in [-0.25, -0.2) is 17.5 Å². The van der Waals surface area contributed by atoms with E-state index < -0.39 is 21.9 Å². The fourth-order valence-electron chi connectivity index (χ4n) is 2.93. The number of hydrogen-bond acceptors (Lipinski definition) is 4. The van der Waals surface area contributed by atoms with Gasteiger partial charge in [-0.05, 0) is 62.7 Å². The molecule has 0 aliphatic rings. The van der Waals surface area contributed by atoms with Crippen LogP contribution in [0.3, 0.4) is 0 Å². The second-order valence-corrected chi connectivity index (χ2v) is 7.90. The average Bonchev–Trinajstić information content (AvgIpc) is 3.18. The largest absolute Gasteiger partial charge is 0.467 e. The Kier molecular flexibility index (Phi) is 4.97. The summed E-state index contributed by atoms with van der Waals surface area (Å²) in [6.45, 7) is 5.38. The maximum absolute atomic E-state index is 13.3. The Morgan fingerprint density at radius 1 is 1.23 bits per heavy atom. The van der Waals surface area contributed by atoms with Gasteiger partial charge in [-0.3, -0.25) is 4.68 Å². The maximum atomic E-state index is 13.3. The molecule has 0 spiro atoms. The van der Waals surface area contributed by atoms with Crippen molar-refractivity contribution in [2.75, 3.05) is 6.54 Å². The van der Waals surface area contributed by atoms with Gasteiger partial charge >= 0.3 is 0 Å². The zero-order valence-corrected chi connectivity index (χ0v) is 15.5. The molecular formula is C18H20FN3O3S. The molecule has 0 aliphatic heterocycles. The van der Waals surface area contributed by atoms with E-state index in [4.69, 9.17) is 4.42 Å². The normalized spacial score (nSPS) is 13.1. The lowest BCUT2D eigenvalue weighted by Crippen LogP contribution is -2.32. The molecule has 0 radical (unpaired) electrons. The fourth-order valence-corrected chi connectivity index (χ4v) is 4.19. The number of sulfonamides is 1. The lowest BCUT2D eigenvalue weighted by Gasteiger charge is -2.18. The Labute approximate surface area is 151 Å². The van der Waals surface area contributed by atoms with Gasteiger partial charge in [0, 0.05) is 12.2 Å². The summed E-state index contributed by atoms with van der Waals surface area (Å²) in [6.07, 6.45) is 1.53. The first-order valence-electron chi connectivity index (χ1n) is 8.10. The van der Waals surface area contributed by atoms with Crippen LogP contribution in [0, 0.1) is 26.6 Å². The number of benzene rings is 1. The van der Waals surface area contributed by atoms with Gasteiger partial charge in [-0.15, -0.1) is 0 Å². The smallest absolute Gasteiger partial charge is 0.240 e. The molecule has 8 heteroatoms. The van der Waals surface area contributed by atoms with E-state index in [1.165, 1.54) is 18.4 Å². The van der Waals surface area contributed by atoms with Gasteiger partial charge in [0.2, 0.25) is 10.0 Å². The molecule has 0 bridgehead atoms. The van der Waals surface area contributed by atoms with Crippen LogP contribution in [0.2, 0.25) is 0 Å². The molecule has 0 aliphatic carbocycles. The number of aryl methyl sites for hydroxylation is 3. The highest BCUT2D eigenvalue weighted by molar-refractivity contribution is 7.89. The second-order valence-electron chi connectivity index (χ2n) is 6.16. The van der Waals surface area contributed by atoms with Crippen LogP contribution in [0.25, 0.3) is 0 Å². The molecule has 0 fully saturated rings. The van der Waals surface area contributed by atoms with Crippen molar-refractivity contribution in [3.8, 4) is 0 Å². The number of furan rings is 1. The van der Waals surface area contributed by atoms with Crippen LogP contribution >= 0.6 is 0 Å². The molecule has 138 valence electrons. The zero-order chi connectivity index (χ0) is 18.9. The van der Waals surface area contributed by atoms with Gasteiger partial charge in [-0.2, -0.15) is 5.10 Å². The second kappa shape index (κ2) is 7.05. The van der Waals surface area contributed by atoms with Gasteiger partial charge in [0.1, 0.15) is 17.6 Å². The van der Waals surface area contributed by atoms with Gasteiger partial charge in [0.25, 0.3) is 0 Å². The molecule has 0 saturated heterocycles. The molecule has 1 atom stereocenters. The molecule has 1 unspecified atom stereocenters. The molecule has 26 heavy (non-hydrogen) atoms. The zero-order valence-electron chi connectivity index (χ0n) is 14.7. The third kappa shape index (κ3) is 3.71. The molecule has 2 heterocycles. The number of rotatable bonds is 6. The maximum Gasteiger partial charge on any atom is 0.240 e. The lowest BCUT2D eigenvalue weighted by molar-refractivity contribution is 0.397. The minimum Gasteiger partial charge on any atom is -0.467 e. The Morgan fingerprint density at radius 3 is 2.58 bits per heavy atom. The van der Waals surface area contributed by atoms with E-state index in [0.29, 0.717) is 11.3 Å². The number of hydrogen-bond donors (Lipinski definition) is 1. The van der Waals surface area contributed by atoms with Crippen molar-refractivity contribution >= 4 is 10.0 Å². The fraction of sp³-hybridized carbons (Fsp3) is 0.278. The lowest BCUT2D eigenvalue weighted by atomic mass is 10.2. The van der Waals surface area contributed by atoms with Crippen LogP contribution in [0.5, 0.6) is 0 Å². The monoisotopic (exact) mass is 377 g/mol. The number of nitrogens with zero attached hydrogens (tertiary/aromatic N) is 2. The summed E-state index contributed by atoms with van der Waals surface area (Å²) in [5.41, 5.74) is 2.07. The minimum absolute atomic E-state index is 0.0467. The van der Waals surface area contributed by atoms with Crippen LogP contribution in [0.15, 0.2) is 52.0 Å². The van der Waals surface area contributed by atoms with E-state index in [2.05, 4.69) is 9.82 Å². The molecule has 6 nitrogen and oxygen atoms in total. The van der Waals surface area contributed by atoms with E-state index in [0.717, 1.165) is 17.5 Å². The van der Waals surface area contributed by atoms with Crippen molar-refractivity contribution in [3.05, 3.63) is 71.2 Å². The minimum atomic E-state index is -3.81. The van der Waals surface area contributed by atoms with Crippen molar-refractivity contribution in [2.45, 2.75) is 31.7 Å². The van der Waals surface area contributed by atoms with E-state index in [-0.39, 0.29) is 11.4 Å². The Balaban J connectivity index is 1.89. The number of halogens is 1. The summed E-state index contributed by atoms with van der Waals surface area (Å²) in [4.78, 5) is 0.0467. The molecule has 3 rings (SSSR count). The molecule has 1 N–H and O–H groups in total. The van der Waals surface area contributed by atoms with Gasteiger partial charge in [0.15, 0.2) is 0 Å². The topological polar surface area (TPSA) is 77.1 Å². The quantitative estimate of drug-likeness (QED) is 0.716. The van der Waals surface area contributed by atoms with Crippen molar-refractivity contribution < 1.29 is 17.2 Å². The van der Waals surface area contributed by atoms with Crippen molar-refractivity contribution in [2.24, 2.45) is 0 Å². The van der Waals surface area contributed by atoms with Gasteiger partial charge in [0.05, 0.1) is 16.9 Å². The van der Waals surface area contributed by atoms with Crippen LogP contribution in [0.4, 0.5) is 4.39 Å². The highest BCUT2D eigenvalue weighted by Gasteiger charge is 2.24. The molecule has 2 aromatic heterocycles. The van der Waals surface area contributed by atoms with Crippen molar-refractivity contribution in [1.29, 1.82) is 0 Å². The van der Waals surface area contributed by atoms with Crippen LogP contribution in [-0.2, 0) is 10.0 Å². The predicted octanol–water partition coefficient (Wildman–Crippen LogP) is 3.11. The SMILES string of the molecule is Cc1cc(C)n(C(CNS(=O)(=O)c2ccc(F)cc2C)c2ccco2)n1. The van der Waals surface area contributed by atoms with E-state index in [1.54, 1.807) is 23.7 Å². The Hall–Kier alpha value is -2.45. The third-order valence-electron chi connectivity index (χ3n) is 4.10. The highest BCUT2D eigenvalue weighted by atomic mass is 32.2. The average molecular weight is 377 g/mol. The van der Waals surface area contributed by atoms with E-state index in [1.807, 2.05) is 19.9 Å². The Morgan fingerprint density at radius 2 is 2.00 bits per heavy atom. The van der Waals surface area contributed by atoms with Gasteiger partial charge < -0.3 is 4.42 Å². The van der Waals surface area contributed by atoms with Crippen LogP contribution in [-0.4, -0.2) is 24.7 Å². The molecule has 1 aromatic carbocycles. The molecule has 0 saturated carbocycles. The van der Waals surface area contributed by atoms with Gasteiger partial charge in [-0.1, -0.05) is 0 Å². The predicted molar refractivity (Wildman–Crippen MR) is 94.9 cm³/mol. The third-order valence-corrected chi connectivity index (χ3v) is 5.69. The van der Waals surface area contributed by atoms with E-state index >= 15 is 0 Å².